The van der Waals surface area contributed by atoms with Crippen molar-refractivity contribution in [3.05, 3.63) is 47.8 Å². The van der Waals surface area contributed by atoms with Gasteiger partial charge in [0.1, 0.15) is 19.0 Å². The third kappa shape index (κ3) is 5.68. The zero-order chi connectivity index (χ0) is 20.8. The maximum Gasteiger partial charge on any atom is 0.238 e. The van der Waals surface area contributed by atoms with Gasteiger partial charge in [0, 0.05) is 17.4 Å². The van der Waals surface area contributed by atoms with Crippen LogP contribution in [0.4, 0.5) is 15.8 Å². The van der Waals surface area contributed by atoms with Gasteiger partial charge in [-0.2, -0.15) is 0 Å². The van der Waals surface area contributed by atoms with Crippen LogP contribution in [0.1, 0.15) is 12.5 Å². The number of hydrogen-bond donors (Lipinski definition) is 2. The van der Waals surface area contributed by atoms with Crippen molar-refractivity contribution in [2.24, 2.45) is 0 Å². The summed E-state index contributed by atoms with van der Waals surface area (Å²) >= 11 is 0. The maximum atomic E-state index is 13.6. The average Bonchev–Trinajstić information content (AvgIpc) is 2.70. The van der Waals surface area contributed by atoms with Crippen molar-refractivity contribution in [3.8, 4) is 11.5 Å². The van der Waals surface area contributed by atoms with Crippen LogP contribution in [-0.2, 0) is 9.59 Å². The summed E-state index contributed by atoms with van der Waals surface area (Å²) in [6.45, 7) is 5.04. The van der Waals surface area contributed by atoms with Crippen molar-refractivity contribution in [2.45, 2.75) is 13.8 Å². The van der Waals surface area contributed by atoms with E-state index in [2.05, 4.69) is 10.6 Å². The summed E-state index contributed by atoms with van der Waals surface area (Å²) in [6.07, 6.45) is 0. The molecule has 2 aromatic rings. The molecular formula is C21H24FN3O4. The monoisotopic (exact) mass is 401 g/mol. The highest BCUT2D eigenvalue weighted by atomic mass is 19.1. The van der Waals surface area contributed by atoms with Crippen LogP contribution in [0.3, 0.4) is 0 Å². The Bertz CT molecular complexity index is 903. The van der Waals surface area contributed by atoms with Crippen LogP contribution in [0, 0.1) is 12.7 Å². The van der Waals surface area contributed by atoms with Crippen molar-refractivity contribution in [2.75, 3.05) is 43.5 Å². The quantitative estimate of drug-likeness (QED) is 0.746. The molecule has 7 nitrogen and oxygen atoms in total. The molecule has 2 amide bonds. The molecule has 0 atom stereocenters. The molecule has 154 valence electrons. The first kappa shape index (κ1) is 20.6. The van der Waals surface area contributed by atoms with Crippen LogP contribution >= 0.6 is 0 Å². The highest BCUT2D eigenvalue weighted by molar-refractivity contribution is 5.94. The molecule has 0 saturated carbocycles. The van der Waals surface area contributed by atoms with Crippen LogP contribution in [0.15, 0.2) is 36.4 Å². The minimum atomic E-state index is -0.381. The number of amides is 2. The molecule has 0 aromatic heterocycles. The molecule has 2 aromatic carbocycles. The first-order valence-corrected chi connectivity index (χ1v) is 9.42. The lowest BCUT2D eigenvalue weighted by molar-refractivity contribution is -0.119. The summed E-state index contributed by atoms with van der Waals surface area (Å²) in [4.78, 5) is 26.3. The molecule has 0 bridgehead atoms. The van der Waals surface area contributed by atoms with Gasteiger partial charge in [-0.3, -0.25) is 14.5 Å². The van der Waals surface area contributed by atoms with Gasteiger partial charge >= 0.3 is 0 Å². The van der Waals surface area contributed by atoms with Gasteiger partial charge in [-0.15, -0.1) is 0 Å². The van der Waals surface area contributed by atoms with Crippen molar-refractivity contribution in [1.29, 1.82) is 0 Å². The zero-order valence-electron chi connectivity index (χ0n) is 16.5. The number of aryl methyl sites for hydroxylation is 1. The molecule has 0 fully saturated rings. The maximum absolute atomic E-state index is 13.6. The number of anilines is 2. The largest absolute Gasteiger partial charge is 0.486 e. The molecule has 3 rings (SSSR count). The molecule has 29 heavy (non-hydrogen) atoms. The highest BCUT2D eigenvalue weighted by Crippen LogP contribution is 2.32. The highest BCUT2D eigenvalue weighted by Gasteiger charge is 2.16. The summed E-state index contributed by atoms with van der Waals surface area (Å²) in [7, 11) is 0. The molecule has 1 aliphatic rings. The Morgan fingerprint density at radius 2 is 1.55 bits per heavy atom. The van der Waals surface area contributed by atoms with Crippen molar-refractivity contribution >= 4 is 23.2 Å². The lowest BCUT2D eigenvalue weighted by atomic mass is 10.2. The second-order valence-corrected chi connectivity index (χ2v) is 6.72. The molecule has 0 unspecified atom stereocenters. The Morgan fingerprint density at radius 3 is 2.17 bits per heavy atom. The van der Waals surface area contributed by atoms with Crippen LogP contribution < -0.4 is 20.1 Å². The summed E-state index contributed by atoms with van der Waals surface area (Å²) in [6, 6.07) is 9.71. The minimum Gasteiger partial charge on any atom is -0.486 e. The van der Waals surface area contributed by atoms with Crippen molar-refractivity contribution < 1.29 is 23.5 Å². The fourth-order valence-electron chi connectivity index (χ4n) is 2.88. The van der Waals surface area contributed by atoms with Gasteiger partial charge in [0.15, 0.2) is 11.5 Å². The first-order chi connectivity index (χ1) is 13.9. The van der Waals surface area contributed by atoms with E-state index in [1.807, 2.05) is 6.92 Å². The number of carbonyl (C=O) groups excluding carboxylic acids is 2. The van der Waals surface area contributed by atoms with Gasteiger partial charge < -0.3 is 20.1 Å². The number of nitrogens with one attached hydrogen (secondary N) is 2. The third-order valence-electron chi connectivity index (χ3n) is 4.46. The number of halogens is 1. The number of rotatable bonds is 7. The number of ether oxygens (including phenoxy) is 2. The molecule has 1 heterocycles. The number of hydrogen-bond acceptors (Lipinski definition) is 5. The van der Waals surface area contributed by atoms with E-state index >= 15 is 0 Å². The Balaban J connectivity index is 1.52. The fraction of sp³-hybridized carbons (Fsp3) is 0.333. The summed E-state index contributed by atoms with van der Waals surface area (Å²) in [5.74, 6) is 0.286. The molecular weight excluding hydrogens is 377 g/mol. The Hall–Kier alpha value is -3.13. The summed E-state index contributed by atoms with van der Waals surface area (Å²) in [5.41, 5.74) is 1.48. The van der Waals surface area contributed by atoms with Crippen LogP contribution in [0.2, 0.25) is 0 Å². The van der Waals surface area contributed by atoms with E-state index in [1.165, 1.54) is 6.07 Å². The molecule has 0 radical (unpaired) electrons. The number of fused-ring (bicyclic) bond motifs is 1. The van der Waals surface area contributed by atoms with E-state index in [0.29, 0.717) is 48.2 Å². The lowest BCUT2D eigenvalue weighted by Gasteiger charge is -2.21. The number of carbonyl (C=O) groups is 2. The van der Waals surface area contributed by atoms with Crippen molar-refractivity contribution in [1.82, 2.24) is 4.90 Å². The third-order valence-corrected chi connectivity index (χ3v) is 4.46. The van der Waals surface area contributed by atoms with E-state index in [1.54, 1.807) is 42.2 Å². The van der Waals surface area contributed by atoms with Gasteiger partial charge in [-0.05, 0) is 43.3 Å². The SMILES string of the molecule is CCN(CC(=O)Nc1ccc(C)c(F)c1)CC(=O)Nc1ccc2c(c1)OCCO2. The summed E-state index contributed by atoms with van der Waals surface area (Å²) < 4.78 is 24.6. The second kappa shape index (κ2) is 9.38. The Morgan fingerprint density at radius 1 is 0.966 bits per heavy atom. The molecule has 0 spiro atoms. The van der Waals surface area contributed by atoms with Gasteiger partial charge in [-0.1, -0.05) is 13.0 Å². The second-order valence-electron chi connectivity index (χ2n) is 6.72. The van der Waals surface area contributed by atoms with E-state index < -0.39 is 0 Å². The van der Waals surface area contributed by atoms with Crippen LogP contribution in [-0.4, -0.2) is 49.6 Å². The van der Waals surface area contributed by atoms with Gasteiger partial charge in [0.05, 0.1) is 13.1 Å². The van der Waals surface area contributed by atoms with E-state index in [9.17, 15) is 14.0 Å². The minimum absolute atomic E-state index is 0.0144. The summed E-state index contributed by atoms with van der Waals surface area (Å²) in [5, 5.41) is 5.45. The van der Waals surface area contributed by atoms with Gasteiger partial charge in [0.25, 0.3) is 0 Å². The first-order valence-electron chi connectivity index (χ1n) is 9.42. The predicted octanol–water partition coefficient (Wildman–Crippen LogP) is 2.80. The Kier molecular flexibility index (Phi) is 6.66. The molecule has 2 N–H and O–H groups in total. The normalized spacial score (nSPS) is 12.6. The molecule has 0 saturated heterocycles. The standard InChI is InChI=1S/C21H24FN3O4/c1-3-25(12-20(26)23-15-5-4-14(2)17(22)10-15)13-21(27)24-16-6-7-18-19(11-16)29-9-8-28-18/h4-7,10-11H,3,8-9,12-13H2,1-2H3,(H,23,26)(H,24,27). The van der Waals surface area contributed by atoms with Crippen molar-refractivity contribution in [3.63, 3.8) is 0 Å². The Labute approximate surface area is 168 Å². The van der Waals surface area contributed by atoms with Crippen LogP contribution in [0.25, 0.3) is 0 Å². The number of likely N-dealkylation sites (N-methyl/N-ethyl adjacent to an activating group) is 1. The molecule has 0 aliphatic carbocycles. The molecule has 1 aliphatic heterocycles. The predicted molar refractivity (Wildman–Crippen MR) is 108 cm³/mol. The van der Waals surface area contributed by atoms with Crippen LogP contribution in [0.5, 0.6) is 11.5 Å². The van der Waals surface area contributed by atoms with Gasteiger partial charge in [0.2, 0.25) is 11.8 Å². The van der Waals surface area contributed by atoms with Gasteiger partial charge in [-0.25, -0.2) is 4.39 Å². The van der Waals surface area contributed by atoms with E-state index in [-0.39, 0.29) is 30.7 Å². The number of nitrogens with zero attached hydrogens (tertiary/aromatic N) is 1. The smallest absolute Gasteiger partial charge is 0.238 e. The van der Waals surface area contributed by atoms with E-state index in [4.69, 9.17) is 9.47 Å². The fourth-order valence-corrected chi connectivity index (χ4v) is 2.88. The topological polar surface area (TPSA) is 79.9 Å². The molecule has 8 heteroatoms. The zero-order valence-corrected chi connectivity index (χ0v) is 16.5. The lowest BCUT2D eigenvalue weighted by Crippen LogP contribution is -2.38. The number of benzene rings is 2. The van der Waals surface area contributed by atoms with E-state index in [0.717, 1.165) is 0 Å². The average molecular weight is 401 g/mol.